The highest BCUT2D eigenvalue weighted by atomic mass is 19.1. The molecule has 5 rings (SSSR count). The molecule has 210 valence electrons. The lowest BCUT2D eigenvalue weighted by Gasteiger charge is -2.21. The third-order valence-corrected chi connectivity index (χ3v) is 7.37. The summed E-state index contributed by atoms with van der Waals surface area (Å²) < 4.78 is 39.6. The Hall–Kier alpha value is -4.09. The van der Waals surface area contributed by atoms with Gasteiger partial charge in [0, 0.05) is 56.9 Å². The minimum absolute atomic E-state index is 0.0758. The Morgan fingerprint density at radius 1 is 1.12 bits per heavy atom. The molecule has 3 heterocycles. The van der Waals surface area contributed by atoms with E-state index in [2.05, 4.69) is 17.1 Å². The second-order valence-electron chi connectivity index (χ2n) is 10.1. The highest BCUT2D eigenvalue weighted by Crippen LogP contribution is 2.32. The third kappa shape index (κ3) is 4.65. The van der Waals surface area contributed by atoms with Crippen LogP contribution < -0.4 is 16.0 Å². The van der Waals surface area contributed by atoms with Gasteiger partial charge in [0.25, 0.3) is 0 Å². The van der Waals surface area contributed by atoms with Crippen LogP contribution in [0.15, 0.2) is 46.6 Å². The Balaban J connectivity index is 1.66. The quantitative estimate of drug-likeness (QED) is 0.262. The van der Waals surface area contributed by atoms with E-state index in [4.69, 9.17) is 9.84 Å². The Labute approximate surface area is 231 Å². The van der Waals surface area contributed by atoms with Crippen molar-refractivity contribution >= 4 is 12.4 Å². The third-order valence-electron chi connectivity index (χ3n) is 7.37. The van der Waals surface area contributed by atoms with E-state index in [0.29, 0.717) is 47.9 Å². The zero-order valence-electron chi connectivity index (χ0n) is 23.3. The van der Waals surface area contributed by atoms with Crippen molar-refractivity contribution in [1.82, 2.24) is 24.2 Å². The number of aromatic nitrogens is 4. The highest BCUT2D eigenvalue weighted by Gasteiger charge is 2.29. The van der Waals surface area contributed by atoms with Gasteiger partial charge in [-0.1, -0.05) is 0 Å². The molecule has 9 nitrogen and oxygen atoms in total. The SMILES string of the molecule is C=NN(CCOC)c1cc(F)c(-n2ccn(-c3c4c(nn3-c3cc(C)c(F)c(C)c3)CCN[C@H]4C)c2=O)cc1C. The summed E-state index contributed by atoms with van der Waals surface area (Å²) in [6.07, 6.45) is 3.83. The van der Waals surface area contributed by atoms with E-state index in [1.165, 1.54) is 15.2 Å². The van der Waals surface area contributed by atoms with Gasteiger partial charge >= 0.3 is 5.69 Å². The van der Waals surface area contributed by atoms with Crippen molar-refractivity contribution in [3.8, 4) is 17.2 Å². The molecular weight excluding hydrogens is 516 g/mol. The van der Waals surface area contributed by atoms with E-state index >= 15 is 4.39 Å². The zero-order chi connectivity index (χ0) is 28.7. The van der Waals surface area contributed by atoms with E-state index in [-0.39, 0.29) is 17.5 Å². The molecule has 0 saturated carbocycles. The minimum Gasteiger partial charge on any atom is -0.383 e. The first-order valence-corrected chi connectivity index (χ1v) is 13.1. The van der Waals surface area contributed by atoms with E-state index in [1.807, 2.05) is 13.8 Å². The normalized spacial score (nSPS) is 14.8. The Bertz CT molecular complexity index is 1630. The van der Waals surface area contributed by atoms with Crippen LogP contribution in [-0.4, -0.2) is 52.4 Å². The van der Waals surface area contributed by atoms with Gasteiger partial charge in [-0.2, -0.15) is 10.2 Å². The molecular formula is C29H33F2N7O2. The van der Waals surface area contributed by atoms with Crippen LogP contribution in [0.5, 0.6) is 0 Å². The number of hydrazone groups is 1. The number of benzene rings is 2. The number of imidazole rings is 1. The first kappa shape index (κ1) is 27.5. The van der Waals surface area contributed by atoms with Gasteiger partial charge < -0.3 is 10.1 Å². The van der Waals surface area contributed by atoms with Crippen molar-refractivity contribution in [3.63, 3.8) is 0 Å². The monoisotopic (exact) mass is 549 g/mol. The Kier molecular flexibility index (Phi) is 7.43. The summed E-state index contributed by atoms with van der Waals surface area (Å²) >= 11 is 0. The summed E-state index contributed by atoms with van der Waals surface area (Å²) in [6, 6.07) is 6.32. The number of nitrogens with zero attached hydrogens (tertiary/aromatic N) is 6. The van der Waals surface area contributed by atoms with Gasteiger partial charge in [-0.3, -0.25) is 14.1 Å². The number of rotatable bonds is 8. The summed E-state index contributed by atoms with van der Waals surface area (Å²) in [5.41, 5.74) is 4.26. The van der Waals surface area contributed by atoms with Crippen molar-refractivity contribution in [2.24, 2.45) is 5.10 Å². The molecule has 2 aromatic heterocycles. The molecule has 1 aliphatic rings. The molecule has 0 bridgehead atoms. The summed E-state index contributed by atoms with van der Waals surface area (Å²) in [6.45, 7) is 12.4. The van der Waals surface area contributed by atoms with Crippen LogP contribution in [0.2, 0.25) is 0 Å². The number of anilines is 1. The van der Waals surface area contributed by atoms with Crippen molar-refractivity contribution in [2.45, 2.75) is 40.2 Å². The van der Waals surface area contributed by atoms with E-state index in [9.17, 15) is 9.18 Å². The number of methoxy groups -OCH3 is 1. The van der Waals surface area contributed by atoms with Crippen LogP contribution in [0.1, 0.15) is 40.9 Å². The molecule has 2 aromatic carbocycles. The fraction of sp³-hybridized carbons (Fsp3) is 0.345. The van der Waals surface area contributed by atoms with Gasteiger partial charge in [-0.25, -0.2) is 18.3 Å². The van der Waals surface area contributed by atoms with E-state index in [1.54, 1.807) is 61.2 Å². The molecule has 0 amide bonds. The summed E-state index contributed by atoms with van der Waals surface area (Å²) in [5.74, 6) is -0.316. The molecule has 4 aromatic rings. The summed E-state index contributed by atoms with van der Waals surface area (Å²) in [7, 11) is 1.58. The van der Waals surface area contributed by atoms with Gasteiger partial charge in [0.1, 0.15) is 17.5 Å². The summed E-state index contributed by atoms with van der Waals surface area (Å²) in [5, 5.41) is 13.8. The first-order valence-electron chi connectivity index (χ1n) is 13.1. The molecule has 1 N–H and O–H groups in total. The standard InChI is InChI=1S/C29H33F2N7O2/c1-17-15-25(22(30)16-24(17)37(32-5)11-12-40-6)35-9-10-36(29(35)39)28-26-20(4)33-8-7-23(26)34-38(28)21-13-18(2)27(31)19(3)14-21/h9-10,13-16,20,33H,5,7-8,11-12H2,1-4,6H3/t20-/m0/s1. The highest BCUT2D eigenvalue weighted by molar-refractivity contribution is 5.59. The first-order chi connectivity index (χ1) is 19.2. The number of aryl methyl sites for hydroxylation is 3. The van der Waals surface area contributed by atoms with E-state index in [0.717, 1.165) is 23.4 Å². The average Bonchev–Trinajstić information content (AvgIpc) is 3.50. The van der Waals surface area contributed by atoms with Gasteiger partial charge in [-0.05, 0) is 62.6 Å². The molecule has 1 atom stereocenters. The van der Waals surface area contributed by atoms with Crippen LogP contribution in [0.25, 0.3) is 17.2 Å². The van der Waals surface area contributed by atoms with E-state index < -0.39 is 11.5 Å². The van der Waals surface area contributed by atoms with Crippen molar-refractivity contribution in [2.75, 3.05) is 31.8 Å². The van der Waals surface area contributed by atoms with Crippen LogP contribution in [0.4, 0.5) is 14.5 Å². The topological polar surface area (TPSA) is 81.6 Å². The summed E-state index contributed by atoms with van der Waals surface area (Å²) in [4.78, 5) is 13.9. The molecule has 40 heavy (non-hydrogen) atoms. The van der Waals surface area contributed by atoms with Gasteiger partial charge in [0.15, 0.2) is 0 Å². The van der Waals surface area contributed by atoms with Gasteiger partial charge in [0.2, 0.25) is 0 Å². The number of hydrogen-bond donors (Lipinski definition) is 1. The molecule has 0 aliphatic carbocycles. The maximum Gasteiger partial charge on any atom is 0.338 e. The van der Waals surface area contributed by atoms with Gasteiger partial charge in [-0.15, -0.1) is 0 Å². The maximum atomic E-state index is 15.5. The fourth-order valence-corrected chi connectivity index (χ4v) is 5.34. The largest absolute Gasteiger partial charge is 0.383 e. The molecule has 0 unspecified atom stereocenters. The smallest absolute Gasteiger partial charge is 0.338 e. The predicted octanol–water partition coefficient (Wildman–Crippen LogP) is 4.29. The van der Waals surface area contributed by atoms with Crippen molar-refractivity contribution in [3.05, 3.63) is 86.7 Å². The number of nitrogens with one attached hydrogen (secondary N) is 1. The van der Waals surface area contributed by atoms with Crippen LogP contribution >= 0.6 is 0 Å². The molecule has 0 saturated heterocycles. The lowest BCUT2D eigenvalue weighted by molar-refractivity contribution is 0.205. The minimum atomic E-state index is -0.582. The molecule has 1 aliphatic heterocycles. The number of ether oxygens (including phenoxy) is 1. The molecule has 0 spiro atoms. The predicted molar refractivity (Wildman–Crippen MR) is 152 cm³/mol. The van der Waals surface area contributed by atoms with Crippen LogP contribution in [-0.2, 0) is 11.2 Å². The zero-order valence-corrected chi connectivity index (χ0v) is 23.3. The Morgan fingerprint density at radius 3 is 2.50 bits per heavy atom. The van der Waals surface area contributed by atoms with Crippen LogP contribution in [0, 0.1) is 32.4 Å². The lowest BCUT2D eigenvalue weighted by atomic mass is 10.0. The van der Waals surface area contributed by atoms with Crippen molar-refractivity contribution < 1.29 is 13.5 Å². The number of halogens is 2. The molecule has 0 fully saturated rings. The average molecular weight is 550 g/mol. The molecule has 0 radical (unpaired) electrons. The number of hydrogen-bond acceptors (Lipinski definition) is 6. The molecule has 11 heteroatoms. The second kappa shape index (κ2) is 10.8. The number of fused-ring (bicyclic) bond motifs is 1. The van der Waals surface area contributed by atoms with Crippen LogP contribution in [0.3, 0.4) is 0 Å². The lowest BCUT2D eigenvalue weighted by Crippen LogP contribution is -2.30. The fourth-order valence-electron chi connectivity index (χ4n) is 5.34. The second-order valence-corrected chi connectivity index (χ2v) is 10.1. The van der Waals surface area contributed by atoms with Crippen molar-refractivity contribution in [1.29, 1.82) is 0 Å². The Morgan fingerprint density at radius 2 is 1.82 bits per heavy atom. The maximum absolute atomic E-state index is 15.5. The van der Waals surface area contributed by atoms with Gasteiger partial charge in [0.05, 0.1) is 35.9 Å².